The summed E-state index contributed by atoms with van der Waals surface area (Å²) >= 11 is 12.5. The van der Waals surface area contributed by atoms with Crippen LogP contribution in [0.3, 0.4) is 0 Å². The number of likely N-dealkylation sites (tertiary alicyclic amines) is 1. The molecule has 1 saturated heterocycles. The average Bonchev–Trinajstić information content (AvgIpc) is 2.98. The van der Waals surface area contributed by atoms with Gasteiger partial charge in [-0.1, -0.05) is 89.9 Å². The van der Waals surface area contributed by atoms with Gasteiger partial charge in [-0.3, -0.25) is 4.79 Å². The Hall–Kier alpha value is -2.81. The predicted octanol–water partition coefficient (Wildman–Crippen LogP) is 6.87. The number of piperidine rings is 1. The number of rotatable bonds is 11. The van der Waals surface area contributed by atoms with E-state index in [1.54, 1.807) is 26.1 Å². The SMILES string of the molecule is CC(=O)NC1(c2ccccc2)CCN(CCOC(CN(C)C(=O)OCc2ccccc2)c2ccc(Cl)c(Cl)c2)CC1.Cl. The minimum atomic E-state index is -0.436. The maximum atomic E-state index is 12.7. The fourth-order valence-corrected chi connectivity index (χ4v) is 5.49. The van der Waals surface area contributed by atoms with E-state index in [2.05, 4.69) is 22.3 Å². The normalized spacial score (nSPS) is 15.2. The number of hydrogen-bond donors (Lipinski definition) is 1. The van der Waals surface area contributed by atoms with E-state index < -0.39 is 12.2 Å². The molecule has 1 heterocycles. The number of hydrogen-bond acceptors (Lipinski definition) is 5. The first-order valence-electron chi connectivity index (χ1n) is 13.8. The number of amides is 2. The molecule has 0 spiro atoms. The molecule has 3 aromatic carbocycles. The summed E-state index contributed by atoms with van der Waals surface area (Å²) < 4.78 is 11.8. The lowest BCUT2D eigenvalue weighted by molar-refractivity contribution is -0.121. The maximum Gasteiger partial charge on any atom is 0.409 e. The third kappa shape index (κ3) is 9.35. The zero-order valence-electron chi connectivity index (χ0n) is 23.9. The molecule has 0 bridgehead atoms. The van der Waals surface area contributed by atoms with E-state index >= 15 is 0 Å². The van der Waals surface area contributed by atoms with Gasteiger partial charge in [-0.15, -0.1) is 12.4 Å². The lowest BCUT2D eigenvalue weighted by Gasteiger charge is -2.42. The van der Waals surface area contributed by atoms with Crippen LogP contribution in [0.15, 0.2) is 78.9 Å². The van der Waals surface area contributed by atoms with Crippen LogP contribution in [0.2, 0.25) is 10.0 Å². The third-order valence-electron chi connectivity index (χ3n) is 7.45. The van der Waals surface area contributed by atoms with Gasteiger partial charge in [0.15, 0.2) is 0 Å². The lowest BCUT2D eigenvalue weighted by atomic mass is 9.80. The monoisotopic (exact) mass is 633 g/mol. The molecule has 2 amide bonds. The molecule has 1 fully saturated rings. The number of ether oxygens (including phenoxy) is 2. The van der Waals surface area contributed by atoms with E-state index in [-0.39, 0.29) is 37.0 Å². The summed E-state index contributed by atoms with van der Waals surface area (Å²) in [6.45, 7) is 4.86. The fraction of sp³-hybridized carbons (Fsp3) is 0.375. The topological polar surface area (TPSA) is 71.1 Å². The van der Waals surface area contributed by atoms with E-state index in [0.717, 1.165) is 42.6 Å². The van der Waals surface area contributed by atoms with Crippen LogP contribution >= 0.6 is 35.6 Å². The molecule has 1 atom stereocenters. The van der Waals surface area contributed by atoms with Crippen molar-refractivity contribution in [1.82, 2.24) is 15.1 Å². The zero-order chi connectivity index (χ0) is 29.2. The van der Waals surface area contributed by atoms with Gasteiger partial charge in [0.05, 0.1) is 28.7 Å². The molecule has 3 aromatic rings. The van der Waals surface area contributed by atoms with Crippen molar-refractivity contribution in [2.45, 2.75) is 38.0 Å². The summed E-state index contributed by atoms with van der Waals surface area (Å²) in [6, 6.07) is 25.1. The van der Waals surface area contributed by atoms with E-state index in [4.69, 9.17) is 32.7 Å². The highest BCUT2D eigenvalue weighted by atomic mass is 35.5. The molecule has 4 rings (SSSR count). The molecule has 42 heavy (non-hydrogen) atoms. The molecular formula is C32H38Cl3N3O4. The Bertz CT molecular complexity index is 1290. The molecule has 0 saturated carbocycles. The van der Waals surface area contributed by atoms with Gasteiger partial charge in [-0.25, -0.2) is 4.79 Å². The first kappa shape index (κ1) is 33.7. The first-order chi connectivity index (χ1) is 19.8. The van der Waals surface area contributed by atoms with Crippen LogP contribution in [0.5, 0.6) is 0 Å². The summed E-state index contributed by atoms with van der Waals surface area (Å²) in [6.07, 6.45) is 0.756. The average molecular weight is 635 g/mol. The number of nitrogens with one attached hydrogen (secondary N) is 1. The number of nitrogens with zero attached hydrogens (tertiary/aromatic N) is 2. The van der Waals surface area contributed by atoms with Gasteiger partial charge in [-0.2, -0.15) is 0 Å². The smallest absolute Gasteiger partial charge is 0.409 e. The molecule has 7 nitrogen and oxygen atoms in total. The molecule has 1 unspecified atom stereocenters. The minimum Gasteiger partial charge on any atom is -0.445 e. The van der Waals surface area contributed by atoms with E-state index in [9.17, 15) is 9.59 Å². The van der Waals surface area contributed by atoms with Crippen molar-refractivity contribution in [1.29, 1.82) is 0 Å². The van der Waals surface area contributed by atoms with Crippen LogP contribution in [-0.4, -0.2) is 61.6 Å². The maximum absolute atomic E-state index is 12.7. The second-order valence-electron chi connectivity index (χ2n) is 10.4. The van der Waals surface area contributed by atoms with Gasteiger partial charge in [0.1, 0.15) is 12.7 Å². The van der Waals surface area contributed by atoms with Crippen LogP contribution in [0.4, 0.5) is 4.79 Å². The van der Waals surface area contributed by atoms with Gasteiger partial charge >= 0.3 is 6.09 Å². The molecule has 10 heteroatoms. The van der Waals surface area contributed by atoms with E-state index in [1.807, 2.05) is 54.6 Å². The number of benzene rings is 3. The van der Waals surface area contributed by atoms with Crippen molar-refractivity contribution in [3.63, 3.8) is 0 Å². The highest BCUT2D eigenvalue weighted by Gasteiger charge is 2.36. The van der Waals surface area contributed by atoms with Gasteiger partial charge in [0, 0.05) is 33.6 Å². The first-order valence-corrected chi connectivity index (χ1v) is 14.6. The van der Waals surface area contributed by atoms with Crippen LogP contribution in [0.25, 0.3) is 0 Å². The number of carbonyl (C=O) groups is 2. The van der Waals surface area contributed by atoms with Crippen LogP contribution in [0.1, 0.15) is 42.6 Å². The summed E-state index contributed by atoms with van der Waals surface area (Å²) in [5, 5.41) is 4.11. The molecular weight excluding hydrogens is 597 g/mol. The van der Waals surface area contributed by atoms with Crippen molar-refractivity contribution in [3.05, 3.63) is 106 Å². The van der Waals surface area contributed by atoms with Gasteiger partial charge in [0.2, 0.25) is 5.91 Å². The van der Waals surface area contributed by atoms with E-state index in [0.29, 0.717) is 23.2 Å². The standard InChI is InChI=1S/C32H37Cl2N3O4.ClH/c1-24(38)35-32(27-11-7-4-8-12-27)15-17-37(18-16-32)19-20-40-30(26-13-14-28(33)29(34)21-26)22-36(2)31(39)41-23-25-9-5-3-6-10-25;/h3-14,21,30H,15-20,22-23H2,1-2H3,(H,35,38);1H. The highest BCUT2D eigenvalue weighted by molar-refractivity contribution is 6.42. The van der Waals surface area contributed by atoms with Crippen molar-refractivity contribution < 1.29 is 19.1 Å². The highest BCUT2D eigenvalue weighted by Crippen LogP contribution is 2.33. The number of carbonyl (C=O) groups excluding carboxylic acids is 2. The van der Waals surface area contributed by atoms with Gasteiger partial charge in [0.25, 0.3) is 0 Å². The Labute approximate surface area is 264 Å². The Morgan fingerprint density at radius 3 is 2.24 bits per heavy atom. The number of likely N-dealkylation sites (N-methyl/N-ethyl adjacent to an activating group) is 1. The molecule has 1 aliphatic heterocycles. The fourth-order valence-electron chi connectivity index (χ4n) is 5.18. The summed E-state index contributed by atoms with van der Waals surface area (Å²) in [7, 11) is 1.69. The Kier molecular flexibility index (Phi) is 13.0. The molecule has 1 aliphatic rings. The quantitative estimate of drug-likeness (QED) is 0.249. The zero-order valence-corrected chi connectivity index (χ0v) is 26.3. The third-order valence-corrected chi connectivity index (χ3v) is 8.19. The van der Waals surface area contributed by atoms with Crippen molar-refractivity contribution in [2.24, 2.45) is 0 Å². The molecule has 0 radical (unpaired) electrons. The molecule has 226 valence electrons. The predicted molar refractivity (Wildman–Crippen MR) is 169 cm³/mol. The largest absolute Gasteiger partial charge is 0.445 e. The molecule has 1 N–H and O–H groups in total. The molecule has 0 aliphatic carbocycles. The summed E-state index contributed by atoms with van der Waals surface area (Å²) in [5.74, 6) is -0.0264. The lowest BCUT2D eigenvalue weighted by Crippen LogP contribution is -2.53. The second kappa shape index (κ2) is 16.1. The van der Waals surface area contributed by atoms with Crippen LogP contribution < -0.4 is 5.32 Å². The van der Waals surface area contributed by atoms with Gasteiger partial charge < -0.3 is 24.6 Å². The van der Waals surface area contributed by atoms with Crippen LogP contribution in [0, 0.1) is 0 Å². The van der Waals surface area contributed by atoms with Crippen molar-refractivity contribution in [2.75, 3.05) is 39.8 Å². The van der Waals surface area contributed by atoms with Gasteiger partial charge in [-0.05, 0) is 41.7 Å². The summed E-state index contributed by atoms with van der Waals surface area (Å²) in [5.41, 5.74) is 2.51. The minimum absolute atomic E-state index is 0. The van der Waals surface area contributed by atoms with Crippen molar-refractivity contribution >= 4 is 47.6 Å². The summed E-state index contributed by atoms with van der Waals surface area (Å²) in [4.78, 5) is 28.6. The molecule has 0 aromatic heterocycles. The second-order valence-corrected chi connectivity index (χ2v) is 11.2. The number of halogens is 3. The Morgan fingerprint density at radius 1 is 0.976 bits per heavy atom. The van der Waals surface area contributed by atoms with E-state index in [1.165, 1.54) is 4.90 Å². The van der Waals surface area contributed by atoms with Crippen LogP contribution in [-0.2, 0) is 26.4 Å². The Balaban J connectivity index is 0.00000484. The Morgan fingerprint density at radius 2 is 1.62 bits per heavy atom. The van der Waals surface area contributed by atoms with Crippen molar-refractivity contribution in [3.8, 4) is 0 Å².